The molecule has 0 bridgehead atoms. The summed E-state index contributed by atoms with van der Waals surface area (Å²) in [6.07, 6.45) is 2.41. The fraction of sp³-hybridized carbons (Fsp3) is 0.667. The summed E-state index contributed by atoms with van der Waals surface area (Å²) in [5.41, 5.74) is 4.92. The van der Waals surface area contributed by atoms with Gasteiger partial charge in [0, 0.05) is 25.6 Å². The van der Waals surface area contributed by atoms with Crippen LogP contribution in [0.15, 0.2) is 10.9 Å². The lowest BCUT2D eigenvalue weighted by atomic mass is 9.81. The molecule has 1 amide bonds. The van der Waals surface area contributed by atoms with E-state index in [9.17, 15) is 9.59 Å². The van der Waals surface area contributed by atoms with Crippen molar-refractivity contribution in [3.05, 3.63) is 22.2 Å². The minimum atomic E-state index is -0.342. The number of rotatable bonds is 5. The number of carbonyl (C=O) groups excluding carboxylic acids is 1. The van der Waals surface area contributed by atoms with Gasteiger partial charge in [-0.3, -0.25) is 9.59 Å². The van der Waals surface area contributed by atoms with Crippen molar-refractivity contribution in [3.8, 4) is 0 Å². The van der Waals surface area contributed by atoms with Crippen LogP contribution in [0.2, 0.25) is 0 Å². The van der Waals surface area contributed by atoms with Crippen LogP contribution >= 0.6 is 0 Å². The summed E-state index contributed by atoms with van der Waals surface area (Å²) in [4.78, 5) is 32.7. The normalized spacial score (nSPS) is 22.5. The number of nitrogens with two attached hydrogens (primary N) is 1. The molecule has 0 aromatic carbocycles. The second kappa shape index (κ2) is 6.91. The largest absolute Gasteiger partial charge is 0.383 e. The van der Waals surface area contributed by atoms with Crippen molar-refractivity contribution in [1.29, 1.82) is 0 Å². The van der Waals surface area contributed by atoms with E-state index in [2.05, 4.69) is 27.1 Å². The lowest BCUT2D eigenvalue weighted by Gasteiger charge is -2.38. The lowest BCUT2D eigenvalue weighted by molar-refractivity contribution is -0.133. The highest BCUT2D eigenvalue weighted by Crippen LogP contribution is 2.29. The van der Waals surface area contributed by atoms with Gasteiger partial charge >= 0.3 is 0 Å². The van der Waals surface area contributed by atoms with E-state index in [1.807, 2.05) is 6.92 Å². The Morgan fingerprint density at radius 3 is 3.05 bits per heavy atom. The number of aromatic amines is 1. The fourth-order valence-corrected chi connectivity index (χ4v) is 2.95. The van der Waals surface area contributed by atoms with Gasteiger partial charge in [-0.2, -0.15) is 0 Å². The van der Waals surface area contributed by atoms with E-state index in [1.165, 1.54) is 6.07 Å². The number of hydrogen-bond donors (Lipinski definition) is 3. The molecule has 1 aromatic heterocycles. The van der Waals surface area contributed by atoms with E-state index in [0.717, 1.165) is 32.5 Å². The molecule has 7 nitrogen and oxygen atoms in total. The van der Waals surface area contributed by atoms with Gasteiger partial charge in [-0.05, 0) is 32.9 Å². The summed E-state index contributed by atoms with van der Waals surface area (Å²) in [7, 11) is 0. The Labute approximate surface area is 130 Å². The van der Waals surface area contributed by atoms with Crippen LogP contribution in [-0.2, 0) is 11.2 Å². The van der Waals surface area contributed by atoms with E-state index in [4.69, 9.17) is 5.73 Å². The topological polar surface area (TPSA) is 104 Å². The highest BCUT2D eigenvalue weighted by Gasteiger charge is 2.36. The Morgan fingerprint density at radius 2 is 2.36 bits per heavy atom. The third-order valence-electron chi connectivity index (χ3n) is 4.23. The maximum absolute atomic E-state index is 12.5. The number of aromatic nitrogens is 2. The number of amides is 1. The number of likely N-dealkylation sites (tertiary alicyclic amines) is 1. The van der Waals surface area contributed by atoms with Crippen LogP contribution in [0.25, 0.3) is 0 Å². The Bertz CT molecular complexity index is 586. The quantitative estimate of drug-likeness (QED) is 0.717. The van der Waals surface area contributed by atoms with Crippen LogP contribution in [-0.4, -0.2) is 47.0 Å². The van der Waals surface area contributed by atoms with Crippen LogP contribution in [0.1, 0.15) is 32.5 Å². The molecule has 1 saturated heterocycles. The van der Waals surface area contributed by atoms with Gasteiger partial charge in [0.1, 0.15) is 11.6 Å². The maximum atomic E-state index is 12.5. The highest BCUT2D eigenvalue weighted by atomic mass is 16.2. The third-order valence-corrected chi connectivity index (χ3v) is 4.23. The average molecular weight is 307 g/mol. The molecule has 0 spiro atoms. The average Bonchev–Trinajstić information content (AvgIpc) is 2.46. The van der Waals surface area contributed by atoms with Gasteiger partial charge in [0.25, 0.3) is 5.56 Å². The third kappa shape index (κ3) is 4.07. The molecule has 22 heavy (non-hydrogen) atoms. The summed E-state index contributed by atoms with van der Waals surface area (Å²) >= 11 is 0. The summed E-state index contributed by atoms with van der Waals surface area (Å²) in [5.74, 6) is 0.758. The number of H-pyrrole nitrogens is 1. The lowest BCUT2D eigenvalue weighted by Crippen LogP contribution is -2.50. The van der Waals surface area contributed by atoms with Crippen molar-refractivity contribution in [3.63, 3.8) is 0 Å². The van der Waals surface area contributed by atoms with E-state index in [1.54, 1.807) is 0 Å². The Kier molecular flexibility index (Phi) is 5.18. The van der Waals surface area contributed by atoms with Crippen LogP contribution in [0.3, 0.4) is 0 Å². The van der Waals surface area contributed by atoms with Crippen molar-refractivity contribution in [1.82, 2.24) is 20.2 Å². The summed E-state index contributed by atoms with van der Waals surface area (Å²) in [5, 5.41) is 2.96. The molecule has 4 N–H and O–H groups in total. The first-order valence-electron chi connectivity index (χ1n) is 7.79. The number of nitrogens with one attached hydrogen (secondary N) is 2. The van der Waals surface area contributed by atoms with E-state index < -0.39 is 0 Å². The van der Waals surface area contributed by atoms with Crippen molar-refractivity contribution in [2.24, 2.45) is 5.41 Å². The first kappa shape index (κ1) is 16.5. The van der Waals surface area contributed by atoms with E-state index in [-0.39, 0.29) is 22.7 Å². The molecule has 2 heterocycles. The number of nitrogen functional groups attached to an aromatic ring is 1. The molecule has 1 atom stereocenters. The number of anilines is 1. The fourth-order valence-electron chi connectivity index (χ4n) is 2.95. The Morgan fingerprint density at radius 1 is 1.59 bits per heavy atom. The molecule has 7 heteroatoms. The van der Waals surface area contributed by atoms with Gasteiger partial charge in [0.15, 0.2) is 0 Å². The summed E-state index contributed by atoms with van der Waals surface area (Å²) in [6.45, 7) is 7.40. The van der Waals surface area contributed by atoms with Gasteiger partial charge < -0.3 is 20.9 Å². The zero-order valence-corrected chi connectivity index (χ0v) is 13.3. The number of carbonyl (C=O) groups is 1. The van der Waals surface area contributed by atoms with Crippen molar-refractivity contribution in [2.75, 3.05) is 31.9 Å². The molecule has 2 rings (SSSR count). The minimum absolute atomic E-state index is 0.0666. The van der Waals surface area contributed by atoms with Crippen LogP contribution in [0.4, 0.5) is 5.82 Å². The predicted molar refractivity (Wildman–Crippen MR) is 85.4 cm³/mol. The minimum Gasteiger partial charge on any atom is -0.383 e. The number of piperidine rings is 1. The first-order valence-corrected chi connectivity index (χ1v) is 7.79. The Balaban J connectivity index is 1.88. The molecule has 1 fully saturated rings. The molecule has 122 valence electrons. The second-order valence-corrected chi connectivity index (χ2v) is 6.16. The van der Waals surface area contributed by atoms with Crippen LogP contribution < -0.4 is 16.6 Å². The molecular weight excluding hydrogens is 282 g/mol. The van der Waals surface area contributed by atoms with Gasteiger partial charge in [-0.25, -0.2) is 4.98 Å². The van der Waals surface area contributed by atoms with Crippen molar-refractivity contribution < 1.29 is 4.79 Å². The first-order chi connectivity index (χ1) is 10.4. The second-order valence-electron chi connectivity index (χ2n) is 6.16. The zero-order chi connectivity index (χ0) is 16.2. The molecule has 1 aliphatic heterocycles. The zero-order valence-electron chi connectivity index (χ0n) is 13.3. The highest BCUT2D eigenvalue weighted by molar-refractivity contribution is 5.82. The van der Waals surface area contributed by atoms with Crippen molar-refractivity contribution >= 4 is 11.7 Å². The summed E-state index contributed by atoms with van der Waals surface area (Å²) < 4.78 is 0. The standard InChI is InChI=1S/C15H25N5O2/c1-3-20-8-4-6-15(2,10-20)14(22)17-7-5-12-18-11(16)9-13(21)19-12/h9H,3-8,10H2,1-2H3,(H,17,22)(H3,16,18,19,21)/t15-/m1/s1. The smallest absolute Gasteiger partial charge is 0.252 e. The van der Waals surface area contributed by atoms with Crippen LogP contribution in [0, 0.1) is 5.41 Å². The van der Waals surface area contributed by atoms with Crippen molar-refractivity contribution in [2.45, 2.75) is 33.1 Å². The number of nitrogens with zero attached hydrogens (tertiary/aromatic N) is 2. The van der Waals surface area contributed by atoms with E-state index >= 15 is 0 Å². The van der Waals surface area contributed by atoms with Gasteiger partial charge in [0.2, 0.25) is 5.91 Å². The SMILES string of the molecule is CCN1CCC[C@@](C)(C(=O)NCCc2nc(N)cc(=O)[nH]2)C1. The molecule has 1 aromatic rings. The monoisotopic (exact) mass is 307 g/mol. The van der Waals surface area contributed by atoms with Crippen LogP contribution in [0.5, 0.6) is 0 Å². The van der Waals surface area contributed by atoms with Gasteiger partial charge in [0.05, 0.1) is 5.41 Å². The molecule has 0 saturated carbocycles. The molecular formula is C15H25N5O2. The Hall–Kier alpha value is -1.89. The summed E-state index contributed by atoms with van der Waals surface area (Å²) in [6, 6.07) is 1.24. The molecule has 1 aliphatic rings. The van der Waals surface area contributed by atoms with E-state index in [0.29, 0.717) is 18.8 Å². The predicted octanol–water partition coefficient (Wildman–Crippen LogP) is 0.133. The molecule has 0 aliphatic carbocycles. The van der Waals surface area contributed by atoms with Gasteiger partial charge in [-0.1, -0.05) is 6.92 Å². The maximum Gasteiger partial charge on any atom is 0.252 e. The number of hydrogen-bond acceptors (Lipinski definition) is 5. The molecule has 0 unspecified atom stereocenters. The molecule has 0 radical (unpaired) electrons. The van der Waals surface area contributed by atoms with Gasteiger partial charge in [-0.15, -0.1) is 0 Å².